The number of aromatic nitrogens is 1. The molecule has 2 amide bonds. The fraction of sp³-hybridized carbons (Fsp3) is 0.188. The molecule has 2 heterocycles. The normalized spacial score (nSPS) is 13.7. The number of anilines is 1. The largest absolute Gasteiger partial charge is 0.313 e. The molecule has 3 rings (SSSR count). The molecule has 1 aliphatic heterocycles. The number of nitrogens with one attached hydrogen (secondary N) is 1. The van der Waals surface area contributed by atoms with Crippen LogP contribution >= 0.6 is 0 Å². The maximum atomic E-state index is 12.4. The number of hydrogen-bond acceptors (Lipinski definition) is 4. The fourth-order valence-electron chi connectivity index (χ4n) is 2.38. The topological polar surface area (TPSA) is 62.3 Å². The number of carbonyl (C=O) groups excluding carboxylic acids is 2. The molecule has 0 spiro atoms. The second-order valence-electron chi connectivity index (χ2n) is 4.80. The van der Waals surface area contributed by atoms with E-state index >= 15 is 0 Å². The highest BCUT2D eigenvalue weighted by molar-refractivity contribution is 6.33. The summed E-state index contributed by atoms with van der Waals surface area (Å²) >= 11 is 0. The molecule has 1 aromatic heterocycles. The molecular formula is C16H15N3O2. The van der Waals surface area contributed by atoms with Crippen LogP contribution in [0.4, 0.5) is 5.69 Å². The monoisotopic (exact) mass is 281 g/mol. The van der Waals surface area contributed by atoms with Crippen molar-refractivity contribution in [3.8, 4) is 0 Å². The molecule has 0 saturated heterocycles. The summed E-state index contributed by atoms with van der Waals surface area (Å²) in [6.07, 6.45) is 1.52. The van der Waals surface area contributed by atoms with Crippen molar-refractivity contribution in [2.75, 3.05) is 11.4 Å². The smallest absolute Gasteiger partial charge is 0.284 e. The third-order valence-electron chi connectivity index (χ3n) is 3.39. The van der Waals surface area contributed by atoms with Crippen LogP contribution < -0.4 is 10.2 Å². The van der Waals surface area contributed by atoms with Gasteiger partial charge >= 0.3 is 0 Å². The Labute approximate surface area is 122 Å². The average molecular weight is 281 g/mol. The number of carbonyl (C=O) groups is 2. The molecule has 0 atom stereocenters. The molecule has 21 heavy (non-hydrogen) atoms. The molecule has 5 nitrogen and oxygen atoms in total. The Bertz CT molecular complexity index is 677. The van der Waals surface area contributed by atoms with E-state index in [4.69, 9.17) is 0 Å². The summed E-state index contributed by atoms with van der Waals surface area (Å²) in [4.78, 5) is 29.9. The van der Waals surface area contributed by atoms with Gasteiger partial charge in [-0.15, -0.1) is 0 Å². The van der Waals surface area contributed by atoms with Crippen LogP contribution in [-0.2, 0) is 6.54 Å². The molecule has 0 unspecified atom stereocenters. The van der Waals surface area contributed by atoms with Crippen LogP contribution in [0.1, 0.15) is 33.3 Å². The number of pyridine rings is 1. The van der Waals surface area contributed by atoms with Crippen molar-refractivity contribution in [3.05, 3.63) is 59.4 Å². The third kappa shape index (κ3) is 2.32. The Hall–Kier alpha value is -2.53. The molecule has 1 N–H and O–H groups in total. The lowest BCUT2D eigenvalue weighted by atomic mass is 10.2. The summed E-state index contributed by atoms with van der Waals surface area (Å²) in [5.74, 6) is -0.681. The first-order chi connectivity index (χ1) is 10.2. The van der Waals surface area contributed by atoms with Crippen LogP contribution in [0.3, 0.4) is 0 Å². The number of imide groups is 1. The molecule has 0 fully saturated rings. The lowest BCUT2D eigenvalue weighted by Gasteiger charge is -2.14. The lowest BCUT2D eigenvalue weighted by Crippen LogP contribution is -2.29. The average Bonchev–Trinajstić information content (AvgIpc) is 2.78. The number of amides is 2. The second kappa shape index (κ2) is 5.46. The first-order valence-electron chi connectivity index (χ1n) is 6.86. The quantitative estimate of drug-likeness (QED) is 0.871. The van der Waals surface area contributed by atoms with E-state index < -0.39 is 0 Å². The van der Waals surface area contributed by atoms with Crippen molar-refractivity contribution in [1.82, 2.24) is 10.3 Å². The van der Waals surface area contributed by atoms with Gasteiger partial charge in [0, 0.05) is 12.7 Å². The maximum Gasteiger partial charge on any atom is 0.284 e. The van der Waals surface area contributed by atoms with Crippen LogP contribution in [0.2, 0.25) is 0 Å². The minimum absolute atomic E-state index is 0.222. The number of nitrogens with zero attached hydrogens (tertiary/aromatic N) is 2. The number of rotatable bonds is 4. The van der Waals surface area contributed by atoms with E-state index in [9.17, 15) is 9.59 Å². The first-order valence-corrected chi connectivity index (χ1v) is 6.86. The van der Waals surface area contributed by atoms with Gasteiger partial charge in [0.15, 0.2) is 0 Å². The Morgan fingerprint density at radius 2 is 2.00 bits per heavy atom. The highest BCUT2D eigenvalue weighted by Gasteiger charge is 2.37. The Kier molecular flexibility index (Phi) is 3.50. The van der Waals surface area contributed by atoms with Gasteiger partial charge in [-0.3, -0.25) is 14.6 Å². The van der Waals surface area contributed by atoms with Crippen molar-refractivity contribution < 1.29 is 9.59 Å². The van der Waals surface area contributed by atoms with Gasteiger partial charge in [-0.1, -0.05) is 19.1 Å². The van der Waals surface area contributed by atoms with Crippen LogP contribution in [0.15, 0.2) is 42.6 Å². The summed E-state index contributed by atoms with van der Waals surface area (Å²) in [6.45, 7) is 3.59. The maximum absolute atomic E-state index is 12.4. The molecule has 0 aliphatic carbocycles. The molecule has 0 radical (unpaired) electrons. The predicted octanol–water partition coefficient (Wildman–Crippen LogP) is 1.99. The molecule has 106 valence electrons. The zero-order valence-corrected chi connectivity index (χ0v) is 11.7. The van der Waals surface area contributed by atoms with Crippen molar-refractivity contribution in [2.24, 2.45) is 0 Å². The lowest BCUT2D eigenvalue weighted by molar-refractivity contribution is 0.0924. The number of benzene rings is 1. The summed E-state index contributed by atoms with van der Waals surface area (Å²) < 4.78 is 0. The molecule has 1 aromatic carbocycles. The van der Waals surface area contributed by atoms with Crippen molar-refractivity contribution in [3.63, 3.8) is 0 Å². The van der Waals surface area contributed by atoms with E-state index in [-0.39, 0.29) is 17.5 Å². The predicted molar refractivity (Wildman–Crippen MR) is 79.2 cm³/mol. The van der Waals surface area contributed by atoms with Crippen molar-refractivity contribution >= 4 is 17.5 Å². The van der Waals surface area contributed by atoms with Gasteiger partial charge in [-0.25, -0.2) is 4.90 Å². The standard InChI is InChI=1S/C16H15N3O2/c1-2-17-10-11-5-3-6-12(9-11)19-15(20)13-7-4-8-18-14(13)16(19)21/h3-9,17H,2,10H2,1H3. The molecule has 0 bridgehead atoms. The summed E-state index contributed by atoms with van der Waals surface area (Å²) in [5, 5.41) is 3.22. The summed E-state index contributed by atoms with van der Waals surface area (Å²) in [7, 11) is 0. The van der Waals surface area contributed by atoms with Crippen LogP contribution in [0.25, 0.3) is 0 Å². The summed E-state index contributed by atoms with van der Waals surface area (Å²) in [5.41, 5.74) is 2.19. The van der Waals surface area contributed by atoms with Gasteiger partial charge in [0.25, 0.3) is 11.8 Å². The zero-order chi connectivity index (χ0) is 14.8. The van der Waals surface area contributed by atoms with Gasteiger partial charge < -0.3 is 5.32 Å². The molecule has 1 aliphatic rings. The first kappa shape index (κ1) is 13.5. The molecule has 0 saturated carbocycles. The van der Waals surface area contributed by atoms with Gasteiger partial charge in [-0.05, 0) is 36.4 Å². The highest BCUT2D eigenvalue weighted by Crippen LogP contribution is 2.27. The van der Waals surface area contributed by atoms with E-state index in [0.29, 0.717) is 17.8 Å². The summed E-state index contributed by atoms with van der Waals surface area (Å²) in [6, 6.07) is 10.7. The number of hydrogen-bond donors (Lipinski definition) is 1. The number of fused-ring (bicyclic) bond motifs is 1. The Morgan fingerprint density at radius 1 is 1.14 bits per heavy atom. The molecule has 2 aromatic rings. The van der Waals surface area contributed by atoms with E-state index in [0.717, 1.165) is 12.1 Å². The Morgan fingerprint density at radius 3 is 2.76 bits per heavy atom. The van der Waals surface area contributed by atoms with Gasteiger partial charge in [0.2, 0.25) is 0 Å². The zero-order valence-electron chi connectivity index (χ0n) is 11.7. The van der Waals surface area contributed by atoms with Gasteiger partial charge in [-0.2, -0.15) is 0 Å². The molecular weight excluding hydrogens is 266 g/mol. The minimum atomic E-state index is -0.365. The van der Waals surface area contributed by atoms with Crippen molar-refractivity contribution in [2.45, 2.75) is 13.5 Å². The Balaban J connectivity index is 1.95. The van der Waals surface area contributed by atoms with Crippen LogP contribution in [0.5, 0.6) is 0 Å². The van der Waals surface area contributed by atoms with Crippen LogP contribution in [-0.4, -0.2) is 23.3 Å². The van der Waals surface area contributed by atoms with Gasteiger partial charge in [0.1, 0.15) is 5.69 Å². The highest BCUT2D eigenvalue weighted by atomic mass is 16.2. The fourth-order valence-corrected chi connectivity index (χ4v) is 2.38. The van der Waals surface area contributed by atoms with E-state index in [2.05, 4.69) is 10.3 Å². The van der Waals surface area contributed by atoms with E-state index in [1.54, 1.807) is 18.2 Å². The van der Waals surface area contributed by atoms with E-state index in [1.165, 1.54) is 11.1 Å². The SMILES string of the molecule is CCNCc1cccc(N2C(=O)c3cccnc3C2=O)c1. The second-order valence-corrected chi connectivity index (χ2v) is 4.80. The third-order valence-corrected chi connectivity index (χ3v) is 3.39. The van der Waals surface area contributed by atoms with Crippen molar-refractivity contribution in [1.29, 1.82) is 0 Å². The van der Waals surface area contributed by atoms with E-state index in [1.807, 2.05) is 25.1 Å². The van der Waals surface area contributed by atoms with Crippen LogP contribution in [0, 0.1) is 0 Å². The minimum Gasteiger partial charge on any atom is -0.313 e. The van der Waals surface area contributed by atoms with Gasteiger partial charge in [0.05, 0.1) is 11.3 Å². The molecule has 5 heteroatoms.